The number of benzene rings is 2. The van der Waals surface area contributed by atoms with Crippen molar-refractivity contribution in [3.05, 3.63) is 76.5 Å². The highest BCUT2D eigenvalue weighted by atomic mass is 16.5. The Balaban J connectivity index is 1.32. The second kappa shape index (κ2) is 9.20. The van der Waals surface area contributed by atoms with Crippen LogP contribution in [0.5, 0.6) is 5.75 Å². The number of nitrogens with zero attached hydrogens (tertiary/aromatic N) is 3. The van der Waals surface area contributed by atoms with E-state index in [0.717, 1.165) is 24.4 Å². The van der Waals surface area contributed by atoms with Crippen molar-refractivity contribution in [3.8, 4) is 11.4 Å². The maximum absolute atomic E-state index is 12.9. The minimum atomic E-state index is -0.231. The molecule has 0 spiro atoms. The Morgan fingerprint density at radius 3 is 2.48 bits per heavy atom. The summed E-state index contributed by atoms with van der Waals surface area (Å²) < 4.78 is 8.67. The maximum Gasteiger partial charge on any atom is 0.350 e. The first-order valence-electron chi connectivity index (χ1n) is 10.8. The number of aromatic nitrogens is 3. The summed E-state index contributed by atoms with van der Waals surface area (Å²) in [4.78, 5) is 25.0. The van der Waals surface area contributed by atoms with Crippen LogP contribution >= 0.6 is 0 Å². The number of rotatable bonds is 9. The van der Waals surface area contributed by atoms with E-state index in [-0.39, 0.29) is 18.2 Å². The van der Waals surface area contributed by atoms with Gasteiger partial charge >= 0.3 is 5.69 Å². The molecule has 1 aliphatic carbocycles. The predicted octanol–water partition coefficient (Wildman–Crippen LogP) is 3.23. The summed E-state index contributed by atoms with van der Waals surface area (Å²) in [6, 6.07) is 17.3. The normalized spacial score (nSPS) is 13.4. The molecule has 0 aliphatic heterocycles. The number of carbonyl (C=O) groups excluding carboxylic acids is 1. The van der Waals surface area contributed by atoms with Gasteiger partial charge in [-0.3, -0.25) is 4.79 Å². The van der Waals surface area contributed by atoms with Crippen LogP contribution in [-0.2, 0) is 11.3 Å². The molecule has 1 fully saturated rings. The SMILES string of the molecule is CC(C)c1ccc(OCC(=O)NCCn2nc(C3CC3)n(-c3ccccc3)c2=O)cc1. The average molecular weight is 421 g/mol. The van der Waals surface area contributed by atoms with Gasteiger partial charge in [-0.15, -0.1) is 0 Å². The van der Waals surface area contributed by atoms with Crippen LogP contribution in [0.15, 0.2) is 59.4 Å². The molecule has 31 heavy (non-hydrogen) atoms. The van der Waals surface area contributed by atoms with Gasteiger partial charge in [0.2, 0.25) is 0 Å². The van der Waals surface area contributed by atoms with E-state index in [0.29, 0.717) is 30.7 Å². The van der Waals surface area contributed by atoms with E-state index < -0.39 is 0 Å². The molecule has 0 radical (unpaired) electrons. The van der Waals surface area contributed by atoms with E-state index in [9.17, 15) is 9.59 Å². The standard InChI is InChI=1S/C24H28N4O3/c1-17(2)18-10-12-21(13-11-18)31-16-22(29)25-14-15-27-24(30)28(20-6-4-3-5-7-20)23(26-27)19-8-9-19/h3-7,10-13,17,19H,8-9,14-16H2,1-2H3,(H,25,29). The first-order valence-corrected chi connectivity index (χ1v) is 10.8. The van der Waals surface area contributed by atoms with Crippen molar-refractivity contribution in [3.63, 3.8) is 0 Å². The summed E-state index contributed by atoms with van der Waals surface area (Å²) in [6.45, 7) is 4.81. The number of amides is 1. The van der Waals surface area contributed by atoms with Gasteiger partial charge in [0.05, 0.1) is 12.2 Å². The summed E-state index contributed by atoms with van der Waals surface area (Å²) in [7, 11) is 0. The fraction of sp³-hybridized carbons (Fsp3) is 0.375. The van der Waals surface area contributed by atoms with Crippen molar-refractivity contribution in [2.75, 3.05) is 13.2 Å². The van der Waals surface area contributed by atoms with Crippen molar-refractivity contribution >= 4 is 5.91 Å². The van der Waals surface area contributed by atoms with Crippen LogP contribution in [0.3, 0.4) is 0 Å². The van der Waals surface area contributed by atoms with Crippen LogP contribution in [0, 0.1) is 0 Å². The molecule has 0 saturated heterocycles. The lowest BCUT2D eigenvalue weighted by Crippen LogP contribution is -2.34. The summed E-state index contributed by atoms with van der Waals surface area (Å²) in [6.07, 6.45) is 2.10. The molecular weight excluding hydrogens is 392 g/mol. The van der Waals surface area contributed by atoms with Gasteiger partial charge in [-0.1, -0.05) is 44.2 Å². The molecule has 1 N–H and O–H groups in total. The lowest BCUT2D eigenvalue weighted by atomic mass is 10.0. The summed E-state index contributed by atoms with van der Waals surface area (Å²) in [5.74, 6) is 2.01. The molecule has 0 unspecified atom stereocenters. The molecule has 0 atom stereocenters. The summed E-state index contributed by atoms with van der Waals surface area (Å²) in [5.41, 5.74) is 1.87. The zero-order chi connectivity index (χ0) is 21.8. The Morgan fingerprint density at radius 1 is 1.13 bits per heavy atom. The molecule has 1 heterocycles. The molecule has 7 heteroatoms. The van der Waals surface area contributed by atoms with Crippen LogP contribution in [0.4, 0.5) is 0 Å². The van der Waals surface area contributed by atoms with Crippen molar-refractivity contribution in [2.45, 2.75) is 45.1 Å². The third kappa shape index (κ3) is 5.05. The molecule has 1 aromatic heterocycles. The average Bonchev–Trinajstić information content (AvgIpc) is 3.57. The Bertz CT molecular complexity index is 1080. The van der Waals surface area contributed by atoms with Gasteiger partial charge in [-0.2, -0.15) is 5.10 Å². The fourth-order valence-corrected chi connectivity index (χ4v) is 3.45. The molecular formula is C24H28N4O3. The molecule has 162 valence electrons. The number of ether oxygens (including phenoxy) is 1. The summed E-state index contributed by atoms with van der Waals surface area (Å²) in [5, 5.41) is 7.34. The van der Waals surface area contributed by atoms with Gasteiger partial charge in [-0.25, -0.2) is 14.0 Å². The zero-order valence-electron chi connectivity index (χ0n) is 18.0. The predicted molar refractivity (Wildman–Crippen MR) is 119 cm³/mol. The van der Waals surface area contributed by atoms with Crippen molar-refractivity contribution in [1.82, 2.24) is 19.7 Å². The van der Waals surface area contributed by atoms with Gasteiger partial charge in [0.1, 0.15) is 11.6 Å². The van der Waals surface area contributed by atoms with E-state index in [1.54, 1.807) is 4.57 Å². The van der Waals surface area contributed by atoms with Gasteiger partial charge in [0.15, 0.2) is 6.61 Å². The quantitative estimate of drug-likeness (QED) is 0.577. The molecule has 7 nitrogen and oxygen atoms in total. The first kappa shape index (κ1) is 20.9. The van der Waals surface area contributed by atoms with E-state index >= 15 is 0 Å². The van der Waals surface area contributed by atoms with Gasteiger partial charge in [0.25, 0.3) is 5.91 Å². The largest absolute Gasteiger partial charge is 0.484 e. The van der Waals surface area contributed by atoms with Crippen LogP contribution in [-0.4, -0.2) is 33.4 Å². The highest BCUT2D eigenvalue weighted by molar-refractivity contribution is 5.77. The second-order valence-corrected chi connectivity index (χ2v) is 8.17. The van der Waals surface area contributed by atoms with Crippen molar-refractivity contribution in [1.29, 1.82) is 0 Å². The summed E-state index contributed by atoms with van der Waals surface area (Å²) >= 11 is 0. The minimum Gasteiger partial charge on any atom is -0.484 e. The Morgan fingerprint density at radius 2 is 1.84 bits per heavy atom. The number of para-hydroxylation sites is 1. The van der Waals surface area contributed by atoms with E-state index in [1.165, 1.54) is 10.2 Å². The van der Waals surface area contributed by atoms with Gasteiger partial charge < -0.3 is 10.1 Å². The van der Waals surface area contributed by atoms with Crippen LogP contribution < -0.4 is 15.7 Å². The van der Waals surface area contributed by atoms with E-state index in [4.69, 9.17) is 4.74 Å². The van der Waals surface area contributed by atoms with E-state index in [1.807, 2.05) is 54.6 Å². The molecule has 0 bridgehead atoms. The number of hydrogen-bond donors (Lipinski definition) is 1. The monoisotopic (exact) mass is 420 g/mol. The van der Waals surface area contributed by atoms with Crippen LogP contribution in [0.1, 0.15) is 49.9 Å². The number of carbonyl (C=O) groups is 1. The van der Waals surface area contributed by atoms with Crippen LogP contribution in [0.25, 0.3) is 5.69 Å². The minimum absolute atomic E-state index is 0.0678. The third-order valence-electron chi connectivity index (χ3n) is 5.38. The molecule has 1 saturated carbocycles. The molecule has 1 aliphatic rings. The Labute approximate surface area is 181 Å². The molecule has 2 aromatic carbocycles. The Hall–Kier alpha value is -3.35. The molecule has 1 amide bonds. The topological polar surface area (TPSA) is 78.2 Å². The molecule has 4 rings (SSSR count). The maximum atomic E-state index is 12.9. The van der Waals surface area contributed by atoms with Crippen LogP contribution in [0.2, 0.25) is 0 Å². The zero-order valence-corrected chi connectivity index (χ0v) is 18.0. The molecule has 3 aromatic rings. The fourth-order valence-electron chi connectivity index (χ4n) is 3.45. The number of nitrogens with one attached hydrogen (secondary N) is 1. The van der Waals surface area contributed by atoms with E-state index in [2.05, 4.69) is 24.3 Å². The van der Waals surface area contributed by atoms with Gasteiger partial charge in [0, 0.05) is 12.5 Å². The smallest absolute Gasteiger partial charge is 0.350 e. The van der Waals surface area contributed by atoms with Gasteiger partial charge in [-0.05, 0) is 48.6 Å². The van der Waals surface area contributed by atoms with Crippen molar-refractivity contribution in [2.24, 2.45) is 0 Å². The lowest BCUT2D eigenvalue weighted by molar-refractivity contribution is -0.123. The highest BCUT2D eigenvalue weighted by Gasteiger charge is 2.31. The Kier molecular flexibility index (Phi) is 6.21. The second-order valence-electron chi connectivity index (χ2n) is 8.17. The third-order valence-corrected chi connectivity index (χ3v) is 5.38. The van der Waals surface area contributed by atoms with Crippen molar-refractivity contribution < 1.29 is 9.53 Å². The number of hydrogen-bond acceptors (Lipinski definition) is 4. The highest BCUT2D eigenvalue weighted by Crippen LogP contribution is 2.39. The lowest BCUT2D eigenvalue weighted by Gasteiger charge is -2.09. The first-order chi connectivity index (χ1) is 15.0.